The zero-order valence-corrected chi connectivity index (χ0v) is 9.85. The van der Waals surface area contributed by atoms with Gasteiger partial charge in [-0.2, -0.15) is 0 Å². The molecule has 1 aliphatic rings. The highest BCUT2D eigenvalue weighted by Gasteiger charge is 2.29. The number of oxazole rings is 1. The fraction of sp³-hybridized carbons (Fsp3) is 0.667. The molecule has 1 aliphatic heterocycles. The van der Waals surface area contributed by atoms with E-state index in [1.165, 1.54) is 19.1 Å². The number of hydrogen-bond acceptors (Lipinski definition) is 4. The van der Waals surface area contributed by atoms with Crippen molar-refractivity contribution in [3.8, 4) is 0 Å². The molecule has 1 aromatic rings. The van der Waals surface area contributed by atoms with Gasteiger partial charge >= 0.3 is 0 Å². The first-order valence-electron chi connectivity index (χ1n) is 5.88. The minimum atomic E-state index is 0.238. The molecule has 1 atom stereocenters. The summed E-state index contributed by atoms with van der Waals surface area (Å²) in [5.74, 6) is 0.690. The van der Waals surface area contributed by atoms with Gasteiger partial charge in [0.1, 0.15) is 12.0 Å². The SMILES string of the molecule is CC(C)N1CCCCC1c1nc(C=O)co1. The zero-order valence-electron chi connectivity index (χ0n) is 9.85. The van der Waals surface area contributed by atoms with Crippen LogP contribution in [0.1, 0.15) is 55.5 Å². The van der Waals surface area contributed by atoms with Crippen LogP contribution in [0.3, 0.4) is 0 Å². The highest BCUT2D eigenvalue weighted by atomic mass is 16.3. The molecule has 1 aromatic heterocycles. The fourth-order valence-electron chi connectivity index (χ4n) is 2.35. The molecule has 0 radical (unpaired) electrons. The van der Waals surface area contributed by atoms with Crippen LogP contribution < -0.4 is 0 Å². The van der Waals surface area contributed by atoms with Crippen molar-refractivity contribution in [2.75, 3.05) is 6.54 Å². The number of likely N-dealkylation sites (tertiary alicyclic amines) is 1. The van der Waals surface area contributed by atoms with Gasteiger partial charge in [-0.15, -0.1) is 0 Å². The smallest absolute Gasteiger partial charge is 0.212 e. The maximum absolute atomic E-state index is 10.6. The number of rotatable bonds is 3. The van der Waals surface area contributed by atoms with Crippen molar-refractivity contribution < 1.29 is 9.21 Å². The average Bonchev–Trinajstić information content (AvgIpc) is 2.77. The van der Waals surface area contributed by atoms with Gasteiger partial charge in [0.05, 0.1) is 6.04 Å². The third-order valence-electron chi connectivity index (χ3n) is 3.15. The summed E-state index contributed by atoms with van der Waals surface area (Å²) in [5.41, 5.74) is 0.393. The first kappa shape index (κ1) is 11.3. The van der Waals surface area contributed by atoms with E-state index >= 15 is 0 Å². The molecule has 0 aromatic carbocycles. The predicted molar refractivity (Wildman–Crippen MR) is 60.3 cm³/mol. The molecule has 2 rings (SSSR count). The van der Waals surface area contributed by atoms with Crippen LogP contribution in [0.25, 0.3) is 0 Å². The molecule has 0 aliphatic carbocycles. The third kappa shape index (κ3) is 2.16. The van der Waals surface area contributed by atoms with Gasteiger partial charge < -0.3 is 4.42 Å². The predicted octanol–water partition coefficient (Wildman–Crippen LogP) is 2.42. The molecule has 1 saturated heterocycles. The van der Waals surface area contributed by atoms with Crippen LogP contribution in [0.2, 0.25) is 0 Å². The lowest BCUT2D eigenvalue weighted by atomic mass is 10.0. The number of aldehydes is 1. The van der Waals surface area contributed by atoms with Crippen LogP contribution in [0.15, 0.2) is 10.7 Å². The molecule has 0 bridgehead atoms. The van der Waals surface area contributed by atoms with E-state index in [1.54, 1.807) is 0 Å². The van der Waals surface area contributed by atoms with Crippen LogP contribution in [-0.2, 0) is 0 Å². The summed E-state index contributed by atoms with van der Waals surface area (Å²) in [6.07, 6.45) is 5.67. The van der Waals surface area contributed by atoms with E-state index in [1.807, 2.05) is 0 Å². The van der Waals surface area contributed by atoms with Crippen molar-refractivity contribution in [2.24, 2.45) is 0 Å². The monoisotopic (exact) mass is 222 g/mol. The first-order valence-corrected chi connectivity index (χ1v) is 5.88. The van der Waals surface area contributed by atoms with Gasteiger partial charge in [0.2, 0.25) is 5.89 Å². The van der Waals surface area contributed by atoms with Crippen LogP contribution in [0, 0.1) is 0 Å². The largest absolute Gasteiger partial charge is 0.446 e. The molecule has 0 N–H and O–H groups in total. The van der Waals surface area contributed by atoms with E-state index < -0.39 is 0 Å². The number of carbonyl (C=O) groups excluding carboxylic acids is 1. The summed E-state index contributed by atoms with van der Waals surface area (Å²) < 4.78 is 5.39. The first-order chi connectivity index (χ1) is 7.72. The Bertz CT molecular complexity index is 360. The summed E-state index contributed by atoms with van der Waals surface area (Å²) in [6.45, 7) is 5.45. The van der Waals surface area contributed by atoms with Gasteiger partial charge in [-0.3, -0.25) is 9.69 Å². The molecule has 1 unspecified atom stereocenters. The molecular formula is C12H18N2O2. The maximum Gasteiger partial charge on any atom is 0.212 e. The quantitative estimate of drug-likeness (QED) is 0.737. The van der Waals surface area contributed by atoms with Gasteiger partial charge in [-0.25, -0.2) is 4.98 Å². The highest BCUT2D eigenvalue weighted by molar-refractivity contribution is 5.70. The van der Waals surface area contributed by atoms with E-state index in [2.05, 4.69) is 23.7 Å². The second-order valence-corrected chi connectivity index (χ2v) is 4.57. The summed E-state index contributed by atoms with van der Waals surface area (Å²) in [6, 6.07) is 0.722. The fourth-order valence-corrected chi connectivity index (χ4v) is 2.35. The van der Waals surface area contributed by atoms with Crippen molar-refractivity contribution in [2.45, 2.75) is 45.2 Å². The van der Waals surface area contributed by atoms with E-state index in [-0.39, 0.29) is 6.04 Å². The lowest BCUT2D eigenvalue weighted by molar-refractivity contribution is 0.0924. The molecule has 16 heavy (non-hydrogen) atoms. The Labute approximate surface area is 95.6 Å². The molecule has 0 amide bonds. The Morgan fingerprint density at radius 1 is 1.56 bits per heavy atom. The molecule has 2 heterocycles. The number of nitrogens with zero attached hydrogens (tertiary/aromatic N) is 2. The molecule has 0 spiro atoms. The van der Waals surface area contributed by atoms with E-state index in [0.717, 1.165) is 19.3 Å². The standard InChI is InChI=1S/C12H18N2O2/c1-9(2)14-6-4-3-5-11(14)12-13-10(7-15)8-16-12/h7-9,11H,3-6H2,1-2H3. The van der Waals surface area contributed by atoms with Gasteiger partial charge in [0.25, 0.3) is 0 Å². The summed E-state index contributed by atoms with van der Waals surface area (Å²) in [7, 11) is 0. The van der Waals surface area contributed by atoms with Crippen molar-refractivity contribution in [3.63, 3.8) is 0 Å². The molecular weight excluding hydrogens is 204 g/mol. The second kappa shape index (κ2) is 4.78. The average molecular weight is 222 g/mol. The molecule has 4 nitrogen and oxygen atoms in total. The minimum absolute atomic E-state index is 0.238. The Balaban J connectivity index is 2.19. The van der Waals surface area contributed by atoms with Gasteiger partial charge in [0, 0.05) is 6.04 Å². The number of piperidine rings is 1. The molecule has 4 heteroatoms. The van der Waals surface area contributed by atoms with Crippen molar-refractivity contribution >= 4 is 6.29 Å². The minimum Gasteiger partial charge on any atom is -0.446 e. The second-order valence-electron chi connectivity index (χ2n) is 4.57. The van der Waals surface area contributed by atoms with Gasteiger partial charge in [-0.05, 0) is 33.2 Å². The lowest BCUT2D eigenvalue weighted by Gasteiger charge is -2.36. The number of carbonyl (C=O) groups is 1. The Morgan fingerprint density at radius 2 is 2.38 bits per heavy atom. The van der Waals surface area contributed by atoms with Crippen molar-refractivity contribution in [3.05, 3.63) is 17.8 Å². The van der Waals surface area contributed by atoms with E-state index in [0.29, 0.717) is 17.6 Å². The van der Waals surface area contributed by atoms with E-state index in [4.69, 9.17) is 4.42 Å². The van der Waals surface area contributed by atoms with Crippen molar-refractivity contribution in [1.82, 2.24) is 9.88 Å². The summed E-state index contributed by atoms with van der Waals surface area (Å²) in [5, 5.41) is 0. The number of hydrogen-bond donors (Lipinski definition) is 0. The zero-order chi connectivity index (χ0) is 11.5. The Kier molecular flexibility index (Phi) is 3.39. The molecule has 1 fully saturated rings. The Hall–Kier alpha value is -1.16. The lowest BCUT2D eigenvalue weighted by Crippen LogP contribution is -2.38. The highest BCUT2D eigenvalue weighted by Crippen LogP contribution is 2.31. The van der Waals surface area contributed by atoms with Gasteiger partial charge in [0.15, 0.2) is 6.29 Å². The summed E-state index contributed by atoms with van der Waals surface area (Å²) in [4.78, 5) is 17.2. The van der Waals surface area contributed by atoms with Crippen LogP contribution in [-0.4, -0.2) is 28.8 Å². The molecule has 88 valence electrons. The van der Waals surface area contributed by atoms with Crippen LogP contribution >= 0.6 is 0 Å². The van der Waals surface area contributed by atoms with Gasteiger partial charge in [-0.1, -0.05) is 6.42 Å². The summed E-state index contributed by atoms with van der Waals surface area (Å²) >= 11 is 0. The van der Waals surface area contributed by atoms with Crippen LogP contribution in [0.5, 0.6) is 0 Å². The van der Waals surface area contributed by atoms with E-state index in [9.17, 15) is 4.79 Å². The third-order valence-corrected chi connectivity index (χ3v) is 3.15. The van der Waals surface area contributed by atoms with Crippen molar-refractivity contribution in [1.29, 1.82) is 0 Å². The normalized spacial score (nSPS) is 22.6. The molecule has 0 saturated carbocycles. The number of aromatic nitrogens is 1. The maximum atomic E-state index is 10.6. The Morgan fingerprint density at radius 3 is 3.00 bits per heavy atom. The van der Waals surface area contributed by atoms with Crippen LogP contribution in [0.4, 0.5) is 0 Å². The topological polar surface area (TPSA) is 46.3 Å².